The first kappa shape index (κ1) is 10.6. The molecule has 0 fully saturated rings. The summed E-state index contributed by atoms with van der Waals surface area (Å²) in [6.07, 6.45) is -0.607. The van der Waals surface area contributed by atoms with Crippen LogP contribution in [-0.2, 0) is 0 Å². The lowest BCUT2D eigenvalue weighted by atomic mass is 9.97. The van der Waals surface area contributed by atoms with Gasteiger partial charge in [0.25, 0.3) is 0 Å². The van der Waals surface area contributed by atoms with Crippen molar-refractivity contribution in [1.29, 1.82) is 0 Å². The van der Waals surface area contributed by atoms with Crippen LogP contribution in [0.1, 0.15) is 16.7 Å². The lowest BCUT2D eigenvalue weighted by Gasteiger charge is -2.25. The molecule has 2 aromatic rings. The van der Waals surface area contributed by atoms with Crippen molar-refractivity contribution in [3.8, 4) is 16.9 Å². The maximum Gasteiger partial charge on any atom is 0.160 e. The van der Waals surface area contributed by atoms with Gasteiger partial charge in [-0.05, 0) is 36.1 Å². The Bertz CT molecular complexity index is 577. The highest BCUT2D eigenvalue weighted by Gasteiger charge is 2.25. The summed E-state index contributed by atoms with van der Waals surface area (Å²) >= 11 is 1.56. The van der Waals surface area contributed by atoms with E-state index in [9.17, 15) is 5.11 Å². The molecule has 2 N–H and O–H groups in total. The second kappa shape index (κ2) is 3.75. The van der Waals surface area contributed by atoms with Crippen molar-refractivity contribution in [3.05, 3.63) is 34.0 Å². The Labute approximate surface area is 104 Å². The molecule has 0 saturated heterocycles. The SMILES string of the molecule is COc1cc(C)c2c(c1)-c1ccsc1C(O)N2. The zero-order chi connectivity index (χ0) is 12.0. The van der Waals surface area contributed by atoms with Gasteiger partial charge in [0.2, 0.25) is 0 Å². The molecule has 1 atom stereocenters. The van der Waals surface area contributed by atoms with Crippen LogP contribution in [0.5, 0.6) is 5.75 Å². The number of aliphatic hydroxyl groups excluding tert-OH is 1. The number of benzene rings is 1. The summed E-state index contributed by atoms with van der Waals surface area (Å²) in [4.78, 5) is 0.963. The molecule has 0 bridgehead atoms. The van der Waals surface area contributed by atoms with Gasteiger partial charge in [-0.15, -0.1) is 11.3 Å². The molecule has 88 valence electrons. The third-order valence-electron chi connectivity index (χ3n) is 3.06. The third kappa shape index (κ3) is 1.52. The molecule has 0 amide bonds. The Balaban J connectivity index is 2.27. The average molecular weight is 247 g/mol. The van der Waals surface area contributed by atoms with Crippen molar-refractivity contribution in [3.63, 3.8) is 0 Å². The molecule has 1 unspecified atom stereocenters. The van der Waals surface area contributed by atoms with Gasteiger partial charge in [-0.1, -0.05) is 0 Å². The van der Waals surface area contributed by atoms with Gasteiger partial charge in [-0.3, -0.25) is 0 Å². The van der Waals surface area contributed by atoms with Crippen molar-refractivity contribution < 1.29 is 9.84 Å². The Morgan fingerprint density at radius 3 is 2.94 bits per heavy atom. The Hall–Kier alpha value is -1.52. The van der Waals surface area contributed by atoms with E-state index in [1.54, 1.807) is 18.4 Å². The van der Waals surface area contributed by atoms with Crippen LogP contribution in [-0.4, -0.2) is 12.2 Å². The van der Waals surface area contributed by atoms with E-state index in [1.165, 1.54) is 0 Å². The second-order valence-electron chi connectivity index (χ2n) is 4.11. The normalized spacial score (nSPS) is 17.0. The van der Waals surface area contributed by atoms with E-state index in [1.807, 2.05) is 30.5 Å². The molecule has 1 aliphatic rings. The monoisotopic (exact) mass is 247 g/mol. The molecular weight excluding hydrogens is 234 g/mol. The first-order valence-corrected chi connectivity index (χ1v) is 6.29. The summed E-state index contributed by atoms with van der Waals surface area (Å²) in [6, 6.07) is 6.02. The van der Waals surface area contributed by atoms with Gasteiger partial charge in [-0.25, -0.2) is 0 Å². The number of methoxy groups -OCH3 is 1. The summed E-state index contributed by atoms with van der Waals surface area (Å²) in [7, 11) is 1.67. The summed E-state index contributed by atoms with van der Waals surface area (Å²) < 4.78 is 5.29. The highest BCUT2D eigenvalue weighted by atomic mass is 32.1. The van der Waals surface area contributed by atoms with Crippen LogP contribution in [0.15, 0.2) is 23.6 Å². The van der Waals surface area contributed by atoms with Crippen LogP contribution in [0.2, 0.25) is 0 Å². The molecule has 1 aromatic heterocycles. The van der Waals surface area contributed by atoms with Crippen LogP contribution in [0.4, 0.5) is 5.69 Å². The van der Waals surface area contributed by atoms with Crippen molar-refractivity contribution in [2.75, 3.05) is 12.4 Å². The van der Waals surface area contributed by atoms with Crippen molar-refractivity contribution in [2.45, 2.75) is 13.2 Å². The summed E-state index contributed by atoms with van der Waals surface area (Å²) in [5.74, 6) is 0.844. The molecule has 0 saturated carbocycles. The molecule has 4 heteroatoms. The first-order chi connectivity index (χ1) is 8.20. The average Bonchev–Trinajstić information content (AvgIpc) is 2.80. The lowest BCUT2D eigenvalue weighted by molar-refractivity contribution is 0.211. The topological polar surface area (TPSA) is 41.5 Å². The number of fused-ring (bicyclic) bond motifs is 3. The minimum absolute atomic E-state index is 0.607. The van der Waals surface area contributed by atoms with E-state index in [0.29, 0.717) is 0 Å². The standard InChI is InChI=1S/C13H13NO2S/c1-7-5-8(16-2)6-10-9-3-4-17-12(9)13(15)14-11(7)10/h3-6,13-15H,1-2H3. The van der Waals surface area contributed by atoms with Gasteiger partial charge in [-0.2, -0.15) is 0 Å². The van der Waals surface area contributed by atoms with E-state index in [0.717, 1.165) is 33.0 Å². The maximum absolute atomic E-state index is 10.0. The van der Waals surface area contributed by atoms with Gasteiger partial charge in [0.1, 0.15) is 5.75 Å². The highest BCUT2D eigenvalue weighted by Crippen LogP contribution is 2.45. The van der Waals surface area contributed by atoms with Crippen molar-refractivity contribution in [1.82, 2.24) is 0 Å². The van der Waals surface area contributed by atoms with E-state index in [2.05, 4.69) is 5.32 Å². The largest absolute Gasteiger partial charge is 0.497 e. The quantitative estimate of drug-likeness (QED) is 0.813. The van der Waals surface area contributed by atoms with E-state index < -0.39 is 6.23 Å². The number of anilines is 1. The van der Waals surface area contributed by atoms with Gasteiger partial charge < -0.3 is 15.2 Å². The predicted octanol–water partition coefficient (Wildman–Crippen LogP) is 3.15. The van der Waals surface area contributed by atoms with E-state index >= 15 is 0 Å². The number of aliphatic hydroxyl groups is 1. The molecule has 2 heterocycles. The van der Waals surface area contributed by atoms with Gasteiger partial charge in [0.05, 0.1) is 12.0 Å². The number of hydrogen-bond acceptors (Lipinski definition) is 4. The predicted molar refractivity (Wildman–Crippen MR) is 69.6 cm³/mol. The molecule has 3 rings (SSSR count). The maximum atomic E-state index is 10.0. The minimum Gasteiger partial charge on any atom is -0.497 e. The first-order valence-electron chi connectivity index (χ1n) is 5.41. The lowest BCUT2D eigenvalue weighted by Crippen LogP contribution is -2.15. The fraction of sp³-hybridized carbons (Fsp3) is 0.231. The fourth-order valence-electron chi connectivity index (χ4n) is 2.23. The number of hydrogen-bond donors (Lipinski definition) is 2. The Kier molecular flexibility index (Phi) is 2.34. The fourth-order valence-corrected chi connectivity index (χ4v) is 3.08. The number of aryl methyl sites for hydroxylation is 1. The van der Waals surface area contributed by atoms with Crippen LogP contribution in [0.25, 0.3) is 11.1 Å². The summed E-state index contributed by atoms with van der Waals surface area (Å²) in [6.45, 7) is 2.01. The van der Waals surface area contributed by atoms with Crippen LogP contribution in [0.3, 0.4) is 0 Å². The van der Waals surface area contributed by atoms with Gasteiger partial charge in [0.15, 0.2) is 6.23 Å². The molecule has 1 aromatic carbocycles. The molecule has 0 spiro atoms. The number of thiophene rings is 1. The smallest absolute Gasteiger partial charge is 0.160 e. The zero-order valence-corrected chi connectivity index (χ0v) is 10.5. The van der Waals surface area contributed by atoms with E-state index in [4.69, 9.17) is 4.74 Å². The van der Waals surface area contributed by atoms with Crippen LogP contribution in [0, 0.1) is 6.92 Å². The van der Waals surface area contributed by atoms with E-state index in [-0.39, 0.29) is 0 Å². The van der Waals surface area contributed by atoms with Crippen LogP contribution < -0.4 is 10.1 Å². The number of nitrogens with one attached hydrogen (secondary N) is 1. The second-order valence-corrected chi connectivity index (χ2v) is 5.06. The summed E-state index contributed by atoms with van der Waals surface area (Å²) in [5.41, 5.74) is 4.26. The number of ether oxygens (including phenoxy) is 1. The van der Waals surface area contributed by atoms with Gasteiger partial charge >= 0.3 is 0 Å². The zero-order valence-electron chi connectivity index (χ0n) is 9.65. The van der Waals surface area contributed by atoms with Crippen LogP contribution >= 0.6 is 11.3 Å². The Morgan fingerprint density at radius 2 is 2.18 bits per heavy atom. The molecule has 1 aliphatic heterocycles. The number of rotatable bonds is 1. The van der Waals surface area contributed by atoms with Crippen molar-refractivity contribution >= 4 is 17.0 Å². The molecule has 0 aliphatic carbocycles. The molecule has 17 heavy (non-hydrogen) atoms. The molecular formula is C13H13NO2S. The molecule has 3 nitrogen and oxygen atoms in total. The summed E-state index contributed by atoms with van der Waals surface area (Å²) in [5, 5.41) is 15.1. The highest BCUT2D eigenvalue weighted by molar-refractivity contribution is 7.10. The minimum atomic E-state index is -0.607. The molecule has 0 radical (unpaired) electrons. The third-order valence-corrected chi connectivity index (χ3v) is 4.03. The Morgan fingerprint density at radius 1 is 1.35 bits per heavy atom. The van der Waals surface area contributed by atoms with Crippen molar-refractivity contribution in [2.24, 2.45) is 0 Å². The van der Waals surface area contributed by atoms with Gasteiger partial charge in [0, 0.05) is 16.8 Å².